The largest absolute Gasteiger partial charge is 0.468 e. The summed E-state index contributed by atoms with van der Waals surface area (Å²) >= 11 is 6.55. The number of nitrogens with one attached hydrogen (secondary N) is 2. The van der Waals surface area contributed by atoms with Crippen molar-refractivity contribution < 1.29 is 31.1 Å². The number of alkyl halides is 3. The molecule has 2 N–H and O–H groups in total. The highest BCUT2D eigenvalue weighted by molar-refractivity contribution is 7.90. The molecule has 0 saturated carbocycles. The normalized spacial score (nSPS) is 12.9. The molecule has 0 bridgehead atoms. The zero-order chi connectivity index (χ0) is 22.7. The van der Waals surface area contributed by atoms with Gasteiger partial charge in [0.15, 0.2) is 20.6 Å². The number of aromatic nitrogens is 2. The number of ether oxygens (including phenoxy) is 1. The van der Waals surface area contributed by atoms with E-state index in [-0.39, 0.29) is 14.9 Å². The van der Waals surface area contributed by atoms with E-state index < -0.39 is 45.0 Å². The molecule has 1 heterocycles. The molecule has 2 aromatic rings. The van der Waals surface area contributed by atoms with Crippen molar-refractivity contribution in [3.05, 3.63) is 34.3 Å². The van der Waals surface area contributed by atoms with Crippen LogP contribution in [0.2, 0.25) is 0 Å². The van der Waals surface area contributed by atoms with Gasteiger partial charge in [0.2, 0.25) is 0 Å². The first-order valence-corrected chi connectivity index (χ1v) is 10.9. The van der Waals surface area contributed by atoms with Crippen LogP contribution in [0.15, 0.2) is 34.2 Å². The maximum absolute atomic E-state index is 12.9. The Hall–Kier alpha value is -2.51. The Balaban J connectivity index is 2.50. The zero-order valence-corrected chi connectivity index (χ0v) is 17.8. The molecule has 0 radical (unpaired) electrons. The fourth-order valence-corrected chi connectivity index (χ4v) is 3.88. The van der Waals surface area contributed by atoms with E-state index in [2.05, 4.69) is 20.3 Å². The molecule has 162 valence electrons. The second-order valence-corrected chi connectivity index (χ2v) is 9.08. The predicted octanol–water partition coefficient (Wildman–Crippen LogP) is 2.86. The Morgan fingerprint density at radius 1 is 1.33 bits per heavy atom. The number of halogens is 4. The third-order valence-corrected chi connectivity index (χ3v) is 5.99. The minimum Gasteiger partial charge on any atom is -0.468 e. The van der Waals surface area contributed by atoms with Gasteiger partial charge in [0.05, 0.1) is 22.7 Å². The van der Waals surface area contributed by atoms with Crippen LogP contribution in [0.4, 0.5) is 13.2 Å². The lowest BCUT2D eigenvalue weighted by Crippen LogP contribution is -2.28. The number of nitrogens with zero attached hydrogens (tertiary/aromatic N) is 2. The average molecular weight is 483 g/mol. The highest BCUT2D eigenvalue weighted by atomic mass is 35.5. The van der Waals surface area contributed by atoms with Gasteiger partial charge in [-0.2, -0.15) is 13.2 Å². The smallest absolute Gasteiger partial charge is 0.434 e. The van der Waals surface area contributed by atoms with Crippen LogP contribution in [0.1, 0.15) is 5.01 Å². The van der Waals surface area contributed by atoms with Gasteiger partial charge in [-0.15, -0.1) is 10.2 Å². The van der Waals surface area contributed by atoms with Crippen molar-refractivity contribution >= 4 is 50.2 Å². The molecule has 0 aliphatic carbocycles. The Labute approximate surface area is 178 Å². The molecule has 0 amide bonds. The van der Waals surface area contributed by atoms with Crippen LogP contribution in [0, 0.1) is 5.41 Å². The number of hydrogen-bond donors (Lipinski definition) is 2. The number of hydrogen-bond acceptors (Lipinski definition) is 9. The van der Waals surface area contributed by atoms with Gasteiger partial charge < -0.3 is 10.1 Å². The molecule has 30 heavy (non-hydrogen) atoms. The van der Waals surface area contributed by atoms with Gasteiger partial charge in [-0.05, 0) is 12.1 Å². The van der Waals surface area contributed by atoms with E-state index in [1.807, 2.05) is 0 Å². The third-order valence-electron chi connectivity index (χ3n) is 3.51. The molecule has 2 rings (SSSR count). The van der Waals surface area contributed by atoms with Crippen LogP contribution >= 0.6 is 22.9 Å². The van der Waals surface area contributed by atoms with E-state index in [4.69, 9.17) is 17.0 Å². The minimum absolute atomic E-state index is 0.0215. The lowest BCUT2D eigenvalue weighted by Gasteiger charge is -2.12. The van der Waals surface area contributed by atoms with Crippen LogP contribution in [0.25, 0.3) is 16.3 Å². The molecule has 0 fully saturated rings. The van der Waals surface area contributed by atoms with Crippen molar-refractivity contribution in [1.29, 1.82) is 5.41 Å². The summed E-state index contributed by atoms with van der Waals surface area (Å²) in [6.45, 7) is -0.536. The minimum atomic E-state index is -5.04. The number of carbonyl (C=O) groups is 1. The van der Waals surface area contributed by atoms with Crippen LogP contribution in [-0.2, 0) is 19.4 Å². The van der Waals surface area contributed by atoms with E-state index in [1.54, 1.807) is 6.07 Å². The molecular formula is C16H14ClF3N4O4S2. The molecule has 8 nitrogen and oxygen atoms in total. The van der Waals surface area contributed by atoms with Crippen LogP contribution in [0.5, 0.6) is 0 Å². The van der Waals surface area contributed by atoms with Crippen molar-refractivity contribution in [2.75, 3.05) is 19.9 Å². The first-order chi connectivity index (χ1) is 13.8. The van der Waals surface area contributed by atoms with Crippen LogP contribution < -0.4 is 5.32 Å². The summed E-state index contributed by atoms with van der Waals surface area (Å²) in [5.41, 5.74) is -1.92. The Morgan fingerprint density at radius 2 is 2.00 bits per heavy atom. The molecule has 0 spiro atoms. The summed E-state index contributed by atoms with van der Waals surface area (Å²) in [4.78, 5) is 11.4. The van der Waals surface area contributed by atoms with Crippen molar-refractivity contribution in [2.24, 2.45) is 0 Å². The Bertz CT molecular complexity index is 1110. The number of benzene rings is 1. The Morgan fingerprint density at radius 3 is 2.57 bits per heavy atom. The van der Waals surface area contributed by atoms with Gasteiger partial charge in [-0.25, -0.2) is 8.42 Å². The lowest BCUT2D eigenvalue weighted by molar-refractivity contribution is -0.139. The second-order valence-electron chi connectivity index (χ2n) is 5.70. The second kappa shape index (κ2) is 9.10. The van der Waals surface area contributed by atoms with E-state index in [9.17, 15) is 26.4 Å². The SMILES string of the molecule is COC(=O)CN/C(=C(/Cl)C(=N)C(F)(F)F)c1nnc(-c2cccc(S(C)(=O)=O)c2)s1. The van der Waals surface area contributed by atoms with Crippen molar-refractivity contribution in [3.8, 4) is 10.6 Å². The monoisotopic (exact) mass is 482 g/mol. The van der Waals surface area contributed by atoms with E-state index in [0.29, 0.717) is 5.56 Å². The van der Waals surface area contributed by atoms with Crippen molar-refractivity contribution in [3.63, 3.8) is 0 Å². The van der Waals surface area contributed by atoms with Gasteiger partial charge in [0.1, 0.15) is 11.6 Å². The summed E-state index contributed by atoms with van der Waals surface area (Å²) in [7, 11) is -2.41. The highest BCUT2D eigenvalue weighted by Gasteiger charge is 2.38. The zero-order valence-electron chi connectivity index (χ0n) is 15.4. The van der Waals surface area contributed by atoms with E-state index in [1.165, 1.54) is 18.2 Å². The summed E-state index contributed by atoms with van der Waals surface area (Å²) in [5.74, 6) is -0.791. The standard InChI is InChI=1S/C16H14ClF3N4O4S2/c1-28-10(25)7-22-12(11(17)13(21)16(18,19)20)15-24-23-14(29-15)8-4-3-5-9(6-8)30(2,26)27/h3-6,21-22H,7H2,1-2H3/b12-11+,21-13?. The lowest BCUT2D eigenvalue weighted by atomic mass is 10.2. The van der Waals surface area contributed by atoms with Gasteiger partial charge >= 0.3 is 12.1 Å². The number of allylic oxidation sites excluding steroid dienone is 1. The predicted molar refractivity (Wildman–Crippen MR) is 105 cm³/mol. The summed E-state index contributed by atoms with van der Waals surface area (Å²) in [6, 6.07) is 5.74. The van der Waals surface area contributed by atoms with Crippen LogP contribution in [-0.4, -0.2) is 56.4 Å². The molecular weight excluding hydrogens is 469 g/mol. The average Bonchev–Trinajstić information content (AvgIpc) is 3.15. The van der Waals surface area contributed by atoms with Gasteiger partial charge in [-0.1, -0.05) is 35.1 Å². The van der Waals surface area contributed by atoms with Crippen LogP contribution in [0.3, 0.4) is 0 Å². The Kier molecular flexibility index (Phi) is 7.21. The molecule has 0 aliphatic heterocycles. The van der Waals surface area contributed by atoms with E-state index >= 15 is 0 Å². The highest BCUT2D eigenvalue weighted by Crippen LogP contribution is 2.32. The first kappa shape index (κ1) is 23.8. The molecule has 0 saturated heterocycles. The molecule has 0 aliphatic rings. The maximum atomic E-state index is 12.9. The number of methoxy groups -OCH3 is 1. The topological polar surface area (TPSA) is 122 Å². The molecule has 14 heteroatoms. The summed E-state index contributed by atoms with van der Waals surface area (Å²) < 4.78 is 66.6. The number of sulfone groups is 1. The van der Waals surface area contributed by atoms with Gasteiger partial charge in [0.25, 0.3) is 0 Å². The number of esters is 1. The number of carbonyl (C=O) groups excluding carboxylic acids is 1. The molecule has 1 aromatic heterocycles. The first-order valence-electron chi connectivity index (χ1n) is 7.85. The quantitative estimate of drug-likeness (QED) is 0.459. The number of rotatable bonds is 7. The van der Waals surface area contributed by atoms with E-state index in [0.717, 1.165) is 24.7 Å². The molecule has 0 unspecified atom stereocenters. The van der Waals surface area contributed by atoms with Crippen molar-refractivity contribution in [2.45, 2.75) is 11.1 Å². The maximum Gasteiger partial charge on any atom is 0.434 e. The summed E-state index contributed by atoms with van der Waals surface area (Å²) in [5, 5.41) is 16.3. The molecule has 0 atom stereocenters. The fraction of sp³-hybridized carbons (Fsp3) is 0.250. The van der Waals surface area contributed by atoms with Crippen molar-refractivity contribution in [1.82, 2.24) is 15.5 Å². The van der Waals surface area contributed by atoms with Gasteiger partial charge in [-0.3, -0.25) is 10.2 Å². The third kappa shape index (κ3) is 5.77. The molecule has 1 aromatic carbocycles. The van der Waals surface area contributed by atoms with Gasteiger partial charge in [0, 0.05) is 11.8 Å². The fourth-order valence-electron chi connectivity index (χ4n) is 2.03. The summed E-state index contributed by atoms with van der Waals surface area (Å²) in [6.07, 6.45) is -4.01.